The summed E-state index contributed by atoms with van der Waals surface area (Å²) in [4.78, 5) is 7.66. The molecule has 4 nitrogen and oxygen atoms in total. The Morgan fingerprint density at radius 2 is 2.06 bits per heavy atom. The van der Waals surface area contributed by atoms with Gasteiger partial charge in [0.25, 0.3) is 0 Å². The van der Waals surface area contributed by atoms with Crippen molar-refractivity contribution in [1.82, 2.24) is 15.2 Å². The zero-order chi connectivity index (χ0) is 13.0. The van der Waals surface area contributed by atoms with Gasteiger partial charge >= 0.3 is 0 Å². The molecule has 0 amide bonds. The molecule has 0 aliphatic carbocycles. The molecule has 2 atom stereocenters. The van der Waals surface area contributed by atoms with E-state index in [-0.39, 0.29) is 12.1 Å². The van der Waals surface area contributed by atoms with Crippen molar-refractivity contribution in [2.45, 2.75) is 32.9 Å². The van der Waals surface area contributed by atoms with Gasteiger partial charge in [-0.15, -0.1) is 11.3 Å². The largest absolute Gasteiger partial charge is 0.390 e. The Hall–Kier alpha value is -0.490. The number of aryl methyl sites for hydroxylation is 2. The first-order valence-electron chi connectivity index (χ1n) is 5.90. The number of nitrogens with zero attached hydrogens (tertiary/aromatic N) is 2. The number of rotatable bonds is 6. The Morgan fingerprint density at radius 1 is 1.41 bits per heavy atom. The van der Waals surface area contributed by atoms with Crippen LogP contribution in [-0.2, 0) is 0 Å². The second-order valence-corrected chi connectivity index (χ2v) is 5.96. The summed E-state index contributed by atoms with van der Waals surface area (Å²) in [6, 6.07) is 0.248. The molecule has 17 heavy (non-hydrogen) atoms. The molecule has 2 N–H and O–H groups in total. The predicted octanol–water partition coefficient (Wildman–Crippen LogP) is 1.33. The number of aromatic nitrogens is 1. The number of aliphatic hydroxyl groups excluding tert-OH is 1. The number of aliphatic hydroxyl groups is 1. The van der Waals surface area contributed by atoms with Gasteiger partial charge < -0.3 is 15.3 Å². The summed E-state index contributed by atoms with van der Waals surface area (Å²) in [5.74, 6) is 0. The first-order chi connectivity index (χ1) is 7.90. The van der Waals surface area contributed by atoms with Crippen molar-refractivity contribution < 1.29 is 5.11 Å². The Labute approximate surface area is 108 Å². The van der Waals surface area contributed by atoms with Crippen molar-refractivity contribution in [3.8, 4) is 0 Å². The van der Waals surface area contributed by atoms with Crippen LogP contribution < -0.4 is 5.32 Å². The average Bonchev–Trinajstić information content (AvgIpc) is 2.53. The highest BCUT2D eigenvalue weighted by Gasteiger charge is 2.14. The highest BCUT2D eigenvalue weighted by molar-refractivity contribution is 7.11. The Kier molecular flexibility index (Phi) is 5.52. The highest BCUT2D eigenvalue weighted by Crippen LogP contribution is 2.24. The summed E-state index contributed by atoms with van der Waals surface area (Å²) in [7, 11) is 3.92. The summed E-state index contributed by atoms with van der Waals surface area (Å²) in [6.45, 7) is 7.46. The van der Waals surface area contributed by atoms with Crippen molar-refractivity contribution in [3.05, 3.63) is 15.6 Å². The van der Waals surface area contributed by atoms with Crippen LogP contribution >= 0.6 is 11.3 Å². The maximum atomic E-state index is 9.77. The van der Waals surface area contributed by atoms with Gasteiger partial charge in [0.15, 0.2) is 0 Å². The van der Waals surface area contributed by atoms with Crippen molar-refractivity contribution in [2.75, 3.05) is 27.2 Å². The van der Waals surface area contributed by atoms with Gasteiger partial charge in [0.05, 0.1) is 16.8 Å². The Balaban J connectivity index is 2.44. The quantitative estimate of drug-likeness (QED) is 0.807. The zero-order valence-corrected chi connectivity index (χ0v) is 12.1. The highest BCUT2D eigenvalue weighted by atomic mass is 32.1. The van der Waals surface area contributed by atoms with Crippen LogP contribution in [0.1, 0.15) is 28.5 Å². The third-order valence-corrected chi connectivity index (χ3v) is 3.82. The van der Waals surface area contributed by atoms with Gasteiger partial charge in [-0.25, -0.2) is 4.98 Å². The van der Waals surface area contributed by atoms with Gasteiger partial charge in [-0.1, -0.05) is 0 Å². The maximum Gasteiger partial charge on any atom is 0.0900 e. The van der Waals surface area contributed by atoms with E-state index in [0.29, 0.717) is 13.1 Å². The fraction of sp³-hybridized carbons (Fsp3) is 0.750. The van der Waals surface area contributed by atoms with Crippen molar-refractivity contribution in [2.24, 2.45) is 0 Å². The molecular formula is C12H23N3OS. The minimum Gasteiger partial charge on any atom is -0.390 e. The van der Waals surface area contributed by atoms with Crippen LogP contribution in [0.4, 0.5) is 0 Å². The van der Waals surface area contributed by atoms with Gasteiger partial charge in [-0.05, 0) is 34.9 Å². The molecule has 1 heterocycles. The van der Waals surface area contributed by atoms with Gasteiger partial charge in [0.2, 0.25) is 0 Å². The van der Waals surface area contributed by atoms with Crippen LogP contribution in [0.25, 0.3) is 0 Å². The van der Waals surface area contributed by atoms with Crippen molar-refractivity contribution in [3.63, 3.8) is 0 Å². The number of hydrogen-bond donors (Lipinski definition) is 2. The minimum atomic E-state index is -0.332. The molecule has 0 spiro atoms. The van der Waals surface area contributed by atoms with Crippen molar-refractivity contribution in [1.29, 1.82) is 0 Å². The maximum absolute atomic E-state index is 9.77. The SMILES string of the molecule is Cc1nc(C)c(C(C)NCC(O)CN(C)C)s1. The molecule has 5 heteroatoms. The molecule has 0 saturated carbocycles. The zero-order valence-electron chi connectivity index (χ0n) is 11.3. The fourth-order valence-corrected chi connectivity index (χ4v) is 2.79. The van der Waals surface area contributed by atoms with Crippen LogP contribution in [0.5, 0.6) is 0 Å². The van der Waals surface area contributed by atoms with Crippen LogP contribution in [0, 0.1) is 13.8 Å². The monoisotopic (exact) mass is 257 g/mol. The van der Waals surface area contributed by atoms with Crippen LogP contribution in [0.2, 0.25) is 0 Å². The number of likely N-dealkylation sites (N-methyl/N-ethyl adjacent to an activating group) is 1. The molecule has 1 aromatic heterocycles. The van der Waals surface area contributed by atoms with Crippen LogP contribution in [0.15, 0.2) is 0 Å². The second kappa shape index (κ2) is 6.44. The third-order valence-electron chi connectivity index (χ3n) is 2.57. The molecular weight excluding hydrogens is 234 g/mol. The Morgan fingerprint density at radius 3 is 2.53 bits per heavy atom. The fourth-order valence-electron chi connectivity index (χ4n) is 1.84. The summed E-state index contributed by atoms with van der Waals surface area (Å²) in [5, 5.41) is 14.2. The lowest BCUT2D eigenvalue weighted by Gasteiger charge is -2.19. The van der Waals surface area contributed by atoms with E-state index in [4.69, 9.17) is 0 Å². The molecule has 1 rings (SSSR count). The van der Waals surface area contributed by atoms with E-state index in [1.165, 1.54) is 4.88 Å². The first kappa shape index (κ1) is 14.6. The van der Waals surface area contributed by atoms with Gasteiger partial charge in [-0.3, -0.25) is 0 Å². The number of nitrogens with one attached hydrogen (secondary N) is 1. The molecule has 1 aromatic rings. The summed E-state index contributed by atoms with van der Waals surface area (Å²) in [5.41, 5.74) is 1.09. The minimum absolute atomic E-state index is 0.248. The van der Waals surface area contributed by atoms with Crippen molar-refractivity contribution >= 4 is 11.3 Å². The average molecular weight is 257 g/mol. The van der Waals surface area contributed by atoms with Gasteiger partial charge in [0, 0.05) is 24.0 Å². The van der Waals surface area contributed by atoms with E-state index >= 15 is 0 Å². The van der Waals surface area contributed by atoms with Gasteiger partial charge in [0.1, 0.15) is 0 Å². The van der Waals surface area contributed by atoms with Crippen LogP contribution in [-0.4, -0.2) is 48.3 Å². The summed E-state index contributed by atoms with van der Waals surface area (Å²) < 4.78 is 0. The lowest BCUT2D eigenvalue weighted by atomic mass is 10.2. The lowest BCUT2D eigenvalue weighted by molar-refractivity contribution is 0.132. The molecule has 0 aliphatic heterocycles. The molecule has 0 aromatic carbocycles. The standard InChI is InChI=1S/C12H23N3OS/c1-8(12-9(2)14-10(3)17-12)13-6-11(16)7-15(4)5/h8,11,13,16H,6-7H2,1-5H3. The topological polar surface area (TPSA) is 48.4 Å². The summed E-state index contributed by atoms with van der Waals surface area (Å²) in [6.07, 6.45) is -0.332. The number of thiazole rings is 1. The van der Waals surface area contributed by atoms with E-state index in [2.05, 4.69) is 17.2 Å². The van der Waals surface area contributed by atoms with E-state index in [9.17, 15) is 5.11 Å². The Bertz CT molecular complexity index is 352. The lowest BCUT2D eigenvalue weighted by Crippen LogP contribution is -2.36. The third kappa shape index (κ3) is 4.71. The normalized spacial score (nSPS) is 15.2. The smallest absolute Gasteiger partial charge is 0.0900 e. The molecule has 98 valence electrons. The molecule has 0 fully saturated rings. The predicted molar refractivity (Wildman–Crippen MR) is 72.6 cm³/mol. The first-order valence-corrected chi connectivity index (χ1v) is 6.72. The second-order valence-electron chi connectivity index (χ2n) is 4.73. The van der Waals surface area contributed by atoms with E-state index in [1.54, 1.807) is 11.3 Å². The molecule has 0 bridgehead atoms. The molecule has 0 radical (unpaired) electrons. The summed E-state index contributed by atoms with van der Waals surface area (Å²) >= 11 is 1.72. The van der Waals surface area contributed by atoms with E-state index < -0.39 is 0 Å². The molecule has 0 aliphatic rings. The van der Waals surface area contributed by atoms with Crippen LogP contribution in [0.3, 0.4) is 0 Å². The number of hydrogen-bond acceptors (Lipinski definition) is 5. The van der Waals surface area contributed by atoms with Gasteiger partial charge in [-0.2, -0.15) is 0 Å². The van der Waals surface area contributed by atoms with E-state index in [1.807, 2.05) is 32.8 Å². The molecule has 2 unspecified atom stereocenters. The molecule has 0 saturated heterocycles. The van der Waals surface area contributed by atoms with E-state index in [0.717, 1.165) is 10.7 Å².